The van der Waals surface area contributed by atoms with Crippen molar-refractivity contribution in [2.45, 2.75) is 33.9 Å². The molecule has 0 unspecified atom stereocenters. The maximum absolute atomic E-state index is 6.54. The average Bonchev–Trinajstić information content (AvgIpc) is 2.67. The summed E-state index contributed by atoms with van der Waals surface area (Å²) in [6.45, 7) is 7.75. The zero-order valence-corrected chi connectivity index (χ0v) is 17.3. The molecule has 0 aliphatic rings. The molecule has 0 saturated carbocycles. The van der Waals surface area contributed by atoms with Gasteiger partial charge in [-0.3, -0.25) is 0 Å². The van der Waals surface area contributed by atoms with Crippen LogP contribution in [0, 0.1) is 13.8 Å². The third-order valence-electron chi connectivity index (χ3n) is 4.39. The van der Waals surface area contributed by atoms with Crippen molar-refractivity contribution in [3.8, 4) is 11.5 Å². The summed E-state index contributed by atoms with van der Waals surface area (Å²) in [6, 6.07) is 20.5. The summed E-state index contributed by atoms with van der Waals surface area (Å²) in [6.07, 6.45) is 0. The van der Waals surface area contributed by atoms with Crippen LogP contribution in [0.4, 0.5) is 5.69 Å². The van der Waals surface area contributed by atoms with Gasteiger partial charge in [0.15, 0.2) is 11.5 Å². The lowest BCUT2D eigenvalue weighted by molar-refractivity contribution is 0.269. The van der Waals surface area contributed by atoms with Crippen LogP contribution in [0.25, 0.3) is 0 Å². The Morgan fingerprint density at radius 3 is 2.36 bits per heavy atom. The minimum atomic E-state index is 0.445. The molecule has 1 N–H and O–H groups in total. The third-order valence-corrected chi connectivity index (χ3v) is 4.67. The Hall–Kier alpha value is -2.65. The molecule has 0 aliphatic heterocycles. The van der Waals surface area contributed by atoms with Crippen molar-refractivity contribution < 1.29 is 9.47 Å². The zero-order valence-electron chi connectivity index (χ0n) is 16.6. The fraction of sp³-hybridized carbons (Fsp3) is 0.250. The molecule has 0 aromatic heterocycles. The summed E-state index contributed by atoms with van der Waals surface area (Å²) >= 11 is 6.54. The third kappa shape index (κ3) is 5.43. The summed E-state index contributed by atoms with van der Waals surface area (Å²) in [5.41, 5.74) is 5.65. The van der Waals surface area contributed by atoms with E-state index in [4.69, 9.17) is 21.1 Å². The number of hydrogen-bond donors (Lipinski definition) is 1. The van der Waals surface area contributed by atoms with Crippen LogP contribution >= 0.6 is 11.6 Å². The van der Waals surface area contributed by atoms with Crippen molar-refractivity contribution in [2.24, 2.45) is 0 Å². The first-order valence-electron chi connectivity index (χ1n) is 9.49. The van der Waals surface area contributed by atoms with E-state index in [0.29, 0.717) is 36.3 Å². The van der Waals surface area contributed by atoms with Crippen LogP contribution in [-0.2, 0) is 13.2 Å². The largest absolute Gasteiger partial charge is 0.490 e. The van der Waals surface area contributed by atoms with E-state index >= 15 is 0 Å². The molecule has 3 rings (SSSR count). The first-order valence-corrected chi connectivity index (χ1v) is 9.87. The van der Waals surface area contributed by atoms with Crippen LogP contribution in [0.3, 0.4) is 0 Å². The molecule has 146 valence electrons. The van der Waals surface area contributed by atoms with Gasteiger partial charge in [-0.15, -0.1) is 0 Å². The summed E-state index contributed by atoms with van der Waals surface area (Å²) in [7, 11) is 0. The van der Waals surface area contributed by atoms with Crippen molar-refractivity contribution >= 4 is 17.3 Å². The van der Waals surface area contributed by atoms with Crippen molar-refractivity contribution in [1.29, 1.82) is 0 Å². The lowest BCUT2D eigenvalue weighted by Crippen LogP contribution is -2.04. The van der Waals surface area contributed by atoms with Gasteiger partial charge in [0.25, 0.3) is 0 Å². The monoisotopic (exact) mass is 395 g/mol. The lowest BCUT2D eigenvalue weighted by atomic mass is 10.1. The minimum absolute atomic E-state index is 0.445. The average molecular weight is 396 g/mol. The van der Waals surface area contributed by atoms with Gasteiger partial charge in [-0.1, -0.05) is 53.6 Å². The van der Waals surface area contributed by atoms with E-state index in [1.165, 1.54) is 11.1 Å². The van der Waals surface area contributed by atoms with Gasteiger partial charge >= 0.3 is 0 Å². The maximum atomic E-state index is 6.54. The standard InChI is InChI=1S/C24H26ClNO2/c1-4-27-23-14-20(15-26-21-7-5-6-18(3)12-21)13-22(25)24(23)28-16-19-10-8-17(2)9-11-19/h5-14,26H,4,15-16H2,1-3H3. The van der Waals surface area contributed by atoms with Crippen molar-refractivity contribution in [2.75, 3.05) is 11.9 Å². The van der Waals surface area contributed by atoms with Gasteiger partial charge in [0, 0.05) is 12.2 Å². The van der Waals surface area contributed by atoms with Crippen molar-refractivity contribution in [3.05, 3.63) is 87.9 Å². The number of aryl methyl sites for hydroxylation is 2. The van der Waals surface area contributed by atoms with Crippen molar-refractivity contribution in [1.82, 2.24) is 0 Å². The number of benzene rings is 3. The van der Waals surface area contributed by atoms with E-state index in [9.17, 15) is 0 Å². The van der Waals surface area contributed by atoms with E-state index in [1.807, 2.05) is 25.1 Å². The number of anilines is 1. The Morgan fingerprint density at radius 2 is 1.64 bits per heavy atom. The fourth-order valence-electron chi connectivity index (χ4n) is 2.93. The predicted molar refractivity (Wildman–Crippen MR) is 117 cm³/mol. The molecule has 0 aliphatic carbocycles. The molecule has 0 spiro atoms. The molecule has 4 heteroatoms. The van der Waals surface area contributed by atoms with Gasteiger partial charge in [0.05, 0.1) is 11.6 Å². The molecular weight excluding hydrogens is 370 g/mol. The summed E-state index contributed by atoms with van der Waals surface area (Å²) in [5.74, 6) is 1.26. The molecule has 0 saturated heterocycles. The maximum Gasteiger partial charge on any atom is 0.180 e. The zero-order chi connectivity index (χ0) is 19.9. The number of ether oxygens (including phenoxy) is 2. The number of halogens is 1. The first-order chi connectivity index (χ1) is 13.5. The highest BCUT2D eigenvalue weighted by Crippen LogP contribution is 2.37. The number of nitrogens with one attached hydrogen (secondary N) is 1. The SMILES string of the molecule is CCOc1cc(CNc2cccc(C)c2)cc(Cl)c1OCc1ccc(C)cc1. The van der Waals surface area contributed by atoms with Crippen LogP contribution in [0.2, 0.25) is 5.02 Å². The molecule has 0 radical (unpaired) electrons. The minimum Gasteiger partial charge on any atom is -0.490 e. The lowest BCUT2D eigenvalue weighted by Gasteiger charge is -2.16. The second-order valence-corrected chi connectivity index (χ2v) is 7.24. The van der Waals surface area contributed by atoms with E-state index in [2.05, 4.69) is 61.6 Å². The Kier molecular flexibility index (Phi) is 6.83. The molecule has 3 aromatic carbocycles. The normalized spacial score (nSPS) is 10.6. The molecule has 0 atom stereocenters. The second kappa shape index (κ2) is 9.52. The summed E-state index contributed by atoms with van der Waals surface area (Å²) in [5, 5.41) is 3.98. The molecule has 0 heterocycles. The van der Waals surface area contributed by atoms with Crippen LogP contribution in [-0.4, -0.2) is 6.61 Å². The predicted octanol–water partition coefficient (Wildman–Crippen LogP) is 6.55. The summed E-state index contributed by atoms with van der Waals surface area (Å²) in [4.78, 5) is 0. The molecular formula is C24H26ClNO2. The Balaban J connectivity index is 1.74. The Morgan fingerprint density at radius 1 is 0.857 bits per heavy atom. The van der Waals surface area contributed by atoms with Crippen LogP contribution < -0.4 is 14.8 Å². The van der Waals surface area contributed by atoms with Crippen LogP contribution in [0.1, 0.15) is 29.2 Å². The van der Waals surface area contributed by atoms with Gasteiger partial charge < -0.3 is 14.8 Å². The Bertz CT molecular complexity index is 922. The second-order valence-electron chi connectivity index (χ2n) is 6.84. The van der Waals surface area contributed by atoms with Gasteiger partial charge in [-0.2, -0.15) is 0 Å². The fourth-order valence-corrected chi connectivity index (χ4v) is 3.21. The molecule has 0 amide bonds. The van der Waals surface area contributed by atoms with Gasteiger partial charge in [0.1, 0.15) is 6.61 Å². The van der Waals surface area contributed by atoms with Gasteiger partial charge in [-0.05, 0) is 61.7 Å². The van der Waals surface area contributed by atoms with Crippen LogP contribution in [0.5, 0.6) is 11.5 Å². The molecule has 0 bridgehead atoms. The van der Waals surface area contributed by atoms with E-state index in [1.54, 1.807) is 0 Å². The highest BCUT2D eigenvalue weighted by molar-refractivity contribution is 6.32. The van der Waals surface area contributed by atoms with Gasteiger partial charge in [-0.25, -0.2) is 0 Å². The first kappa shape index (κ1) is 20.1. The van der Waals surface area contributed by atoms with Crippen molar-refractivity contribution in [3.63, 3.8) is 0 Å². The molecule has 28 heavy (non-hydrogen) atoms. The number of hydrogen-bond acceptors (Lipinski definition) is 3. The van der Waals surface area contributed by atoms with E-state index in [-0.39, 0.29) is 0 Å². The molecule has 3 aromatic rings. The Labute approximate surface area is 172 Å². The molecule has 3 nitrogen and oxygen atoms in total. The quantitative estimate of drug-likeness (QED) is 0.469. The van der Waals surface area contributed by atoms with E-state index in [0.717, 1.165) is 16.8 Å². The smallest absolute Gasteiger partial charge is 0.180 e. The summed E-state index contributed by atoms with van der Waals surface area (Å²) < 4.78 is 11.8. The van der Waals surface area contributed by atoms with Gasteiger partial charge in [0.2, 0.25) is 0 Å². The molecule has 0 fully saturated rings. The topological polar surface area (TPSA) is 30.5 Å². The van der Waals surface area contributed by atoms with Crippen LogP contribution in [0.15, 0.2) is 60.7 Å². The van der Waals surface area contributed by atoms with E-state index < -0.39 is 0 Å². The highest BCUT2D eigenvalue weighted by atomic mass is 35.5. The highest BCUT2D eigenvalue weighted by Gasteiger charge is 2.13. The number of rotatable bonds is 8.